The highest BCUT2D eigenvalue weighted by Crippen LogP contribution is 2.32. The molecule has 0 radical (unpaired) electrons. The molecule has 3 heterocycles. The number of hydrogen-bond acceptors (Lipinski definition) is 7. The summed E-state index contributed by atoms with van der Waals surface area (Å²) in [5.41, 5.74) is 0. The predicted octanol–water partition coefficient (Wildman–Crippen LogP) is 3.32. The highest BCUT2D eigenvalue weighted by Gasteiger charge is 2.38. The molecular weight excluding hydrogens is 420 g/mol. The molecule has 1 aromatic rings. The Bertz CT molecular complexity index is 717. The van der Waals surface area contributed by atoms with Crippen LogP contribution in [0.25, 0.3) is 0 Å². The van der Waals surface area contributed by atoms with Gasteiger partial charge in [0.25, 0.3) is 0 Å². The molecule has 3 rings (SSSR count). The first kappa shape index (κ1) is 24.0. The van der Waals surface area contributed by atoms with Gasteiger partial charge in [-0.05, 0) is 25.7 Å². The summed E-state index contributed by atoms with van der Waals surface area (Å²) in [5.74, 6) is 1.20. The Hall–Kier alpha value is -1.64. The maximum atomic E-state index is 12.9. The van der Waals surface area contributed by atoms with Gasteiger partial charge < -0.3 is 24.0 Å². The minimum Gasteiger partial charge on any atom is -0.472 e. The molecule has 31 heavy (non-hydrogen) atoms. The number of aromatic nitrogens is 2. The summed E-state index contributed by atoms with van der Waals surface area (Å²) in [4.78, 5) is 26.1. The fraction of sp³-hybridized carbons (Fsp3) is 0.773. The Morgan fingerprint density at radius 2 is 2.00 bits per heavy atom. The molecule has 2 fully saturated rings. The Morgan fingerprint density at radius 3 is 2.58 bits per heavy atom. The number of carbonyl (C=O) groups is 1. The first-order valence-electron chi connectivity index (χ1n) is 11.3. The first-order valence-corrected chi connectivity index (χ1v) is 11.7. The monoisotopic (exact) mass is 454 g/mol. The normalized spacial score (nSPS) is 26.2. The molecule has 0 N–H and O–H groups in total. The van der Waals surface area contributed by atoms with Gasteiger partial charge in [0.05, 0.1) is 26.2 Å². The van der Waals surface area contributed by atoms with E-state index in [1.165, 1.54) is 0 Å². The van der Waals surface area contributed by atoms with E-state index in [1.807, 2.05) is 7.05 Å². The van der Waals surface area contributed by atoms with Crippen LogP contribution in [0.3, 0.4) is 0 Å². The number of halogens is 1. The maximum absolute atomic E-state index is 12.9. The van der Waals surface area contributed by atoms with E-state index >= 15 is 0 Å². The fourth-order valence-electron chi connectivity index (χ4n) is 4.56. The highest BCUT2D eigenvalue weighted by atomic mass is 35.5. The molecule has 0 unspecified atom stereocenters. The van der Waals surface area contributed by atoms with Crippen molar-refractivity contribution in [2.45, 2.75) is 76.6 Å². The molecule has 0 saturated carbocycles. The standard InChI is InChI=1S/C22H35ClN4O4/c1-5-15-11-17(12-16(6-2)27(15)21(28)8-9-29-4)26(3)22-24-19(23)13-20(25-22)31-18-7-10-30-14-18/h13,15-18H,5-12,14H2,1-4H3/t15-,16+,17-,18-/m0/s1. The van der Waals surface area contributed by atoms with E-state index < -0.39 is 0 Å². The van der Waals surface area contributed by atoms with Gasteiger partial charge in [0.15, 0.2) is 0 Å². The van der Waals surface area contributed by atoms with Gasteiger partial charge in [-0.15, -0.1) is 0 Å². The average Bonchev–Trinajstić information content (AvgIpc) is 3.28. The van der Waals surface area contributed by atoms with Crippen LogP contribution in [0.5, 0.6) is 5.88 Å². The summed E-state index contributed by atoms with van der Waals surface area (Å²) in [7, 11) is 3.63. The van der Waals surface area contributed by atoms with Crippen LogP contribution in [-0.4, -0.2) is 79.0 Å². The lowest BCUT2D eigenvalue weighted by atomic mass is 9.87. The molecule has 4 atom stereocenters. The number of piperidine rings is 1. The third-order valence-electron chi connectivity index (χ3n) is 6.32. The number of methoxy groups -OCH3 is 1. The summed E-state index contributed by atoms with van der Waals surface area (Å²) < 4.78 is 16.5. The smallest absolute Gasteiger partial charge is 0.230 e. The van der Waals surface area contributed by atoms with Gasteiger partial charge in [0.2, 0.25) is 17.7 Å². The van der Waals surface area contributed by atoms with Crippen molar-refractivity contribution in [3.63, 3.8) is 0 Å². The zero-order valence-corrected chi connectivity index (χ0v) is 19.8. The lowest BCUT2D eigenvalue weighted by molar-refractivity contribution is -0.139. The topological polar surface area (TPSA) is 77.0 Å². The summed E-state index contributed by atoms with van der Waals surface area (Å²) >= 11 is 6.29. The Morgan fingerprint density at radius 1 is 1.29 bits per heavy atom. The van der Waals surface area contributed by atoms with Crippen LogP contribution in [0.2, 0.25) is 5.15 Å². The number of likely N-dealkylation sites (tertiary alicyclic amines) is 1. The Kier molecular flexibility index (Phi) is 8.75. The quantitative estimate of drug-likeness (QED) is 0.529. The van der Waals surface area contributed by atoms with Crippen molar-refractivity contribution < 1.29 is 19.0 Å². The zero-order valence-electron chi connectivity index (χ0n) is 19.1. The second-order valence-electron chi connectivity index (χ2n) is 8.34. The van der Waals surface area contributed by atoms with Crippen LogP contribution in [0.1, 0.15) is 52.4 Å². The molecule has 2 aliphatic heterocycles. The average molecular weight is 455 g/mol. The lowest BCUT2D eigenvalue weighted by Gasteiger charge is -2.47. The van der Waals surface area contributed by atoms with E-state index in [0.717, 1.165) is 32.1 Å². The maximum Gasteiger partial charge on any atom is 0.230 e. The number of hydrogen-bond donors (Lipinski definition) is 0. The molecule has 2 saturated heterocycles. The predicted molar refractivity (Wildman–Crippen MR) is 120 cm³/mol. The molecule has 0 aromatic carbocycles. The molecule has 0 aliphatic carbocycles. The molecular formula is C22H35ClN4O4. The Balaban J connectivity index is 1.74. The third-order valence-corrected chi connectivity index (χ3v) is 6.52. The molecule has 0 bridgehead atoms. The van der Waals surface area contributed by atoms with Crippen LogP contribution in [0.15, 0.2) is 6.07 Å². The largest absolute Gasteiger partial charge is 0.472 e. The molecule has 174 valence electrons. The molecule has 0 spiro atoms. The highest BCUT2D eigenvalue weighted by molar-refractivity contribution is 6.29. The summed E-state index contributed by atoms with van der Waals surface area (Å²) in [6, 6.07) is 2.22. The van der Waals surface area contributed by atoms with Crippen molar-refractivity contribution >= 4 is 23.5 Å². The number of carbonyl (C=O) groups excluding carboxylic acids is 1. The van der Waals surface area contributed by atoms with Gasteiger partial charge >= 0.3 is 0 Å². The van der Waals surface area contributed by atoms with Gasteiger partial charge in [0.1, 0.15) is 11.3 Å². The van der Waals surface area contributed by atoms with E-state index in [9.17, 15) is 4.79 Å². The van der Waals surface area contributed by atoms with Gasteiger partial charge in [-0.1, -0.05) is 25.4 Å². The van der Waals surface area contributed by atoms with Gasteiger partial charge in [-0.25, -0.2) is 4.98 Å². The van der Waals surface area contributed by atoms with Crippen LogP contribution >= 0.6 is 11.6 Å². The number of rotatable bonds is 9. The number of ether oxygens (including phenoxy) is 3. The van der Waals surface area contributed by atoms with Crippen molar-refractivity contribution in [3.05, 3.63) is 11.2 Å². The third kappa shape index (κ3) is 5.99. The Labute approximate surface area is 190 Å². The van der Waals surface area contributed by atoms with E-state index in [2.05, 4.69) is 33.6 Å². The molecule has 9 heteroatoms. The second kappa shape index (κ2) is 11.3. The molecule has 1 aromatic heterocycles. The van der Waals surface area contributed by atoms with Crippen LogP contribution in [-0.2, 0) is 14.3 Å². The zero-order chi connectivity index (χ0) is 22.4. The minimum absolute atomic E-state index is 0.000539. The van der Waals surface area contributed by atoms with E-state index in [-0.39, 0.29) is 30.1 Å². The summed E-state index contributed by atoms with van der Waals surface area (Å²) in [6.07, 6.45) is 4.82. The summed E-state index contributed by atoms with van der Waals surface area (Å²) in [6.45, 7) is 6.01. The SMILES string of the molecule is CC[C@@H]1C[C@@H](N(C)c2nc(Cl)cc(O[C@H]3CCOC3)n2)C[C@H](CC)N1C(=O)CCOC. The van der Waals surface area contributed by atoms with E-state index in [0.29, 0.717) is 43.2 Å². The number of amides is 1. The van der Waals surface area contributed by atoms with Crippen molar-refractivity contribution in [2.75, 3.05) is 38.9 Å². The number of anilines is 1. The van der Waals surface area contributed by atoms with Gasteiger partial charge in [-0.3, -0.25) is 4.79 Å². The molecule has 2 aliphatic rings. The first-order chi connectivity index (χ1) is 15.0. The van der Waals surface area contributed by atoms with Crippen LogP contribution in [0.4, 0.5) is 5.95 Å². The molecule has 1 amide bonds. The van der Waals surface area contributed by atoms with Gasteiger partial charge in [0, 0.05) is 44.8 Å². The molecule has 8 nitrogen and oxygen atoms in total. The lowest BCUT2D eigenvalue weighted by Crippen LogP contribution is -2.56. The van der Waals surface area contributed by atoms with Crippen molar-refractivity contribution in [2.24, 2.45) is 0 Å². The second-order valence-corrected chi connectivity index (χ2v) is 8.72. The van der Waals surface area contributed by atoms with Crippen LogP contribution < -0.4 is 9.64 Å². The minimum atomic E-state index is -0.000539. The van der Waals surface area contributed by atoms with Crippen molar-refractivity contribution in [1.82, 2.24) is 14.9 Å². The van der Waals surface area contributed by atoms with Gasteiger partial charge in [-0.2, -0.15) is 4.98 Å². The van der Waals surface area contributed by atoms with E-state index in [1.54, 1.807) is 13.2 Å². The number of nitrogens with zero attached hydrogens (tertiary/aromatic N) is 4. The van der Waals surface area contributed by atoms with Crippen molar-refractivity contribution in [3.8, 4) is 5.88 Å². The van der Waals surface area contributed by atoms with E-state index in [4.69, 9.17) is 25.8 Å². The van der Waals surface area contributed by atoms with Crippen molar-refractivity contribution in [1.29, 1.82) is 0 Å². The fourth-order valence-corrected chi connectivity index (χ4v) is 4.73. The van der Waals surface area contributed by atoms with Crippen LogP contribution in [0, 0.1) is 0 Å². The summed E-state index contributed by atoms with van der Waals surface area (Å²) in [5, 5.41) is 0.358.